The van der Waals surface area contributed by atoms with E-state index in [0.717, 1.165) is 28.2 Å². The van der Waals surface area contributed by atoms with Gasteiger partial charge >= 0.3 is 0 Å². The van der Waals surface area contributed by atoms with Crippen molar-refractivity contribution in [1.29, 1.82) is 0 Å². The maximum absolute atomic E-state index is 13.5. The monoisotopic (exact) mass is 584 g/mol. The number of hydrogen-bond donors (Lipinski definition) is 1. The molecular weight excluding hydrogens is 552 g/mol. The van der Waals surface area contributed by atoms with Gasteiger partial charge in [-0.05, 0) is 54.4 Å². The Balaban J connectivity index is 1.27. The van der Waals surface area contributed by atoms with Gasteiger partial charge in [-0.1, -0.05) is 53.7 Å². The molecule has 11 heteroatoms. The number of nitrogens with one attached hydrogen (secondary N) is 1. The topological polar surface area (TPSA) is 111 Å². The summed E-state index contributed by atoms with van der Waals surface area (Å²) in [5.74, 6) is 1.53. The van der Waals surface area contributed by atoms with Gasteiger partial charge in [-0.25, -0.2) is 5.01 Å². The highest BCUT2D eigenvalue weighted by Gasteiger charge is 2.33. The summed E-state index contributed by atoms with van der Waals surface area (Å²) in [6.07, 6.45) is 0.603. The first-order chi connectivity index (χ1) is 20.4. The summed E-state index contributed by atoms with van der Waals surface area (Å²) in [7, 11) is 4.96. The predicted molar refractivity (Wildman–Crippen MR) is 161 cm³/mol. The Labute approximate surface area is 248 Å². The number of hydrogen-bond acceptors (Lipinski definition) is 8. The van der Waals surface area contributed by atoms with Gasteiger partial charge in [-0.2, -0.15) is 5.10 Å². The SMILES string of the molecule is COc1ccc(C2=NN(C(=O)CSc3nnc(CNC(=O)c4ccccc4OC)n3C)C(c3ccc(C)cc3)C2)cc1. The number of nitrogens with zero attached hydrogens (tertiary/aromatic N) is 5. The van der Waals surface area contributed by atoms with Crippen LogP contribution in [-0.2, 0) is 18.4 Å². The van der Waals surface area contributed by atoms with E-state index in [2.05, 4.69) is 15.5 Å². The van der Waals surface area contributed by atoms with E-state index in [1.165, 1.54) is 18.9 Å². The number of rotatable bonds is 10. The molecular formula is C31H32N6O4S. The number of thioether (sulfide) groups is 1. The van der Waals surface area contributed by atoms with Crippen LogP contribution in [0.3, 0.4) is 0 Å². The lowest BCUT2D eigenvalue weighted by Crippen LogP contribution is -2.28. The van der Waals surface area contributed by atoms with Gasteiger partial charge in [-0.3, -0.25) is 9.59 Å². The van der Waals surface area contributed by atoms with Gasteiger partial charge in [0.25, 0.3) is 11.8 Å². The van der Waals surface area contributed by atoms with Gasteiger partial charge < -0.3 is 19.4 Å². The number of hydrazone groups is 1. The summed E-state index contributed by atoms with van der Waals surface area (Å²) in [4.78, 5) is 26.2. The standard InChI is InChI=1S/C31H32N6O4S/c1-20-9-11-22(12-10-20)26-17-25(21-13-15-23(40-3)16-14-21)35-37(26)29(38)19-42-31-34-33-28(36(31)2)18-32-30(39)24-7-5-6-8-27(24)41-4/h5-16,26H,17-19H2,1-4H3,(H,32,39). The zero-order chi connectivity index (χ0) is 29.6. The van der Waals surface area contributed by atoms with Crippen LogP contribution in [0.5, 0.6) is 11.5 Å². The molecule has 1 N–H and O–H groups in total. The van der Waals surface area contributed by atoms with Crippen LogP contribution in [0.25, 0.3) is 0 Å². The molecule has 10 nitrogen and oxygen atoms in total. The molecule has 0 radical (unpaired) electrons. The largest absolute Gasteiger partial charge is 0.497 e. The molecule has 1 aliphatic heterocycles. The van der Waals surface area contributed by atoms with E-state index in [-0.39, 0.29) is 30.2 Å². The van der Waals surface area contributed by atoms with Crippen molar-refractivity contribution in [3.63, 3.8) is 0 Å². The quantitative estimate of drug-likeness (QED) is 0.273. The van der Waals surface area contributed by atoms with Gasteiger partial charge in [0, 0.05) is 13.5 Å². The van der Waals surface area contributed by atoms with Crippen LogP contribution in [0.15, 0.2) is 83.1 Å². The average molecular weight is 585 g/mol. The first kappa shape index (κ1) is 28.9. The van der Waals surface area contributed by atoms with Crippen LogP contribution in [0.2, 0.25) is 0 Å². The summed E-state index contributed by atoms with van der Waals surface area (Å²) < 4.78 is 12.3. The minimum Gasteiger partial charge on any atom is -0.497 e. The molecule has 0 saturated heterocycles. The molecule has 216 valence electrons. The lowest BCUT2D eigenvalue weighted by Gasteiger charge is -2.22. The van der Waals surface area contributed by atoms with E-state index in [4.69, 9.17) is 14.6 Å². The summed E-state index contributed by atoms with van der Waals surface area (Å²) in [6, 6.07) is 22.7. The zero-order valence-corrected chi connectivity index (χ0v) is 24.7. The van der Waals surface area contributed by atoms with Gasteiger partial charge in [0.05, 0.1) is 43.8 Å². The van der Waals surface area contributed by atoms with Crippen molar-refractivity contribution in [3.05, 3.63) is 101 Å². The van der Waals surface area contributed by atoms with Crippen LogP contribution in [0.1, 0.15) is 45.3 Å². The van der Waals surface area contributed by atoms with Crippen LogP contribution in [0.4, 0.5) is 0 Å². The van der Waals surface area contributed by atoms with Crippen LogP contribution >= 0.6 is 11.8 Å². The highest BCUT2D eigenvalue weighted by molar-refractivity contribution is 7.99. The lowest BCUT2D eigenvalue weighted by molar-refractivity contribution is -0.130. The molecule has 42 heavy (non-hydrogen) atoms. The molecule has 1 atom stereocenters. The van der Waals surface area contributed by atoms with Crippen LogP contribution in [0, 0.1) is 6.92 Å². The van der Waals surface area contributed by atoms with E-state index >= 15 is 0 Å². The molecule has 2 amide bonds. The third kappa shape index (κ3) is 6.31. The second-order valence-electron chi connectivity index (χ2n) is 9.77. The third-order valence-corrected chi connectivity index (χ3v) is 8.06. The maximum atomic E-state index is 13.5. The van der Waals surface area contributed by atoms with E-state index < -0.39 is 0 Å². The van der Waals surface area contributed by atoms with Crippen LogP contribution in [-0.4, -0.2) is 57.3 Å². The molecule has 0 spiro atoms. The van der Waals surface area contributed by atoms with E-state index in [1.54, 1.807) is 41.0 Å². The summed E-state index contributed by atoms with van der Waals surface area (Å²) >= 11 is 1.28. The van der Waals surface area contributed by atoms with Crippen molar-refractivity contribution in [1.82, 2.24) is 25.1 Å². The number of carbonyl (C=O) groups is 2. The molecule has 4 aromatic rings. The van der Waals surface area contributed by atoms with Gasteiger partial charge in [0.2, 0.25) is 0 Å². The normalized spacial score (nSPS) is 14.4. The average Bonchev–Trinajstić information content (AvgIpc) is 3.63. The predicted octanol–water partition coefficient (Wildman–Crippen LogP) is 4.54. The lowest BCUT2D eigenvalue weighted by atomic mass is 9.97. The molecule has 0 bridgehead atoms. The van der Waals surface area contributed by atoms with Crippen molar-refractivity contribution >= 4 is 29.3 Å². The Bertz CT molecular complexity index is 1600. The number of carbonyl (C=O) groups excluding carboxylic acids is 2. The fourth-order valence-electron chi connectivity index (χ4n) is 4.65. The molecule has 2 heterocycles. The highest BCUT2D eigenvalue weighted by Crippen LogP contribution is 2.34. The Morgan fingerprint density at radius 1 is 0.976 bits per heavy atom. The van der Waals surface area contributed by atoms with Crippen LogP contribution < -0.4 is 14.8 Å². The van der Waals surface area contributed by atoms with E-state index in [9.17, 15) is 9.59 Å². The molecule has 1 unspecified atom stereocenters. The van der Waals surface area contributed by atoms with E-state index in [1.807, 2.05) is 62.5 Å². The number of benzene rings is 3. The minimum atomic E-state index is -0.276. The second-order valence-corrected chi connectivity index (χ2v) is 10.7. The summed E-state index contributed by atoms with van der Waals surface area (Å²) in [5, 5.41) is 18.2. The molecule has 1 aromatic heterocycles. The fourth-order valence-corrected chi connectivity index (χ4v) is 5.43. The number of amides is 2. The zero-order valence-electron chi connectivity index (χ0n) is 23.9. The summed E-state index contributed by atoms with van der Waals surface area (Å²) in [6.45, 7) is 2.21. The van der Waals surface area contributed by atoms with Crippen molar-refractivity contribution in [3.8, 4) is 11.5 Å². The fraction of sp³-hybridized carbons (Fsp3) is 0.258. The van der Waals surface area contributed by atoms with Crippen molar-refractivity contribution in [2.24, 2.45) is 12.1 Å². The number of aromatic nitrogens is 3. The first-order valence-electron chi connectivity index (χ1n) is 13.4. The minimum absolute atomic E-state index is 0.126. The molecule has 3 aromatic carbocycles. The number of ether oxygens (including phenoxy) is 2. The maximum Gasteiger partial charge on any atom is 0.255 e. The number of para-hydroxylation sites is 1. The Hall–Kier alpha value is -4.64. The second kappa shape index (κ2) is 12.9. The Kier molecular flexibility index (Phi) is 8.87. The highest BCUT2D eigenvalue weighted by atomic mass is 32.2. The smallest absolute Gasteiger partial charge is 0.255 e. The van der Waals surface area contributed by atoms with E-state index in [0.29, 0.717) is 28.7 Å². The van der Waals surface area contributed by atoms with Crippen molar-refractivity contribution in [2.75, 3.05) is 20.0 Å². The van der Waals surface area contributed by atoms with Gasteiger partial charge in [0.1, 0.15) is 11.5 Å². The molecule has 0 aliphatic carbocycles. The number of methoxy groups -OCH3 is 2. The van der Waals surface area contributed by atoms with Gasteiger partial charge in [0.15, 0.2) is 11.0 Å². The molecule has 1 aliphatic rings. The number of aryl methyl sites for hydroxylation is 1. The van der Waals surface area contributed by atoms with Gasteiger partial charge in [-0.15, -0.1) is 10.2 Å². The Morgan fingerprint density at radius 3 is 2.43 bits per heavy atom. The molecule has 5 rings (SSSR count). The van der Waals surface area contributed by atoms with Crippen molar-refractivity contribution in [2.45, 2.75) is 31.1 Å². The van der Waals surface area contributed by atoms with Crippen molar-refractivity contribution < 1.29 is 19.1 Å². The Morgan fingerprint density at radius 2 is 1.71 bits per heavy atom. The molecule has 0 saturated carbocycles. The summed E-state index contributed by atoms with van der Waals surface area (Å²) in [5.41, 5.74) is 4.40. The molecule has 0 fully saturated rings. The first-order valence-corrected chi connectivity index (χ1v) is 14.4. The third-order valence-electron chi connectivity index (χ3n) is 7.06.